The van der Waals surface area contributed by atoms with E-state index < -0.39 is 17.8 Å². The van der Waals surface area contributed by atoms with E-state index in [0.29, 0.717) is 18.5 Å². The average Bonchev–Trinajstić information content (AvgIpc) is 2.94. The molecular formula is C15H17N3O3. The zero-order valence-electron chi connectivity index (χ0n) is 11.5. The van der Waals surface area contributed by atoms with Gasteiger partial charge in [0.1, 0.15) is 0 Å². The molecule has 1 fully saturated rings. The Morgan fingerprint density at radius 3 is 2.76 bits per heavy atom. The summed E-state index contributed by atoms with van der Waals surface area (Å²) in [6.07, 6.45) is 4.68. The predicted molar refractivity (Wildman–Crippen MR) is 77.8 cm³/mol. The Kier molecular flexibility index (Phi) is 3.60. The third kappa shape index (κ3) is 2.74. The van der Waals surface area contributed by atoms with Crippen LogP contribution in [-0.4, -0.2) is 27.2 Å². The largest absolute Gasteiger partial charge is 0.481 e. The summed E-state index contributed by atoms with van der Waals surface area (Å²) in [5, 5.41) is 19.8. The molecule has 110 valence electrons. The smallest absolute Gasteiger partial charge is 0.307 e. The van der Waals surface area contributed by atoms with E-state index in [2.05, 4.69) is 15.5 Å². The SMILES string of the molecule is O=C(O)[C@H]1CCCC[C@H]1C(=O)Nc1ccc2[nH]ncc2c1. The van der Waals surface area contributed by atoms with Gasteiger partial charge in [-0.2, -0.15) is 5.10 Å². The predicted octanol–water partition coefficient (Wildman–Crippen LogP) is 2.39. The van der Waals surface area contributed by atoms with E-state index in [0.717, 1.165) is 23.7 Å². The summed E-state index contributed by atoms with van der Waals surface area (Å²) in [6.45, 7) is 0. The zero-order valence-corrected chi connectivity index (χ0v) is 11.5. The minimum absolute atomic E-state index is 0.204. The maximum atomic E-state index is 12.4. The topological polar surface area (TPSA) is 95.1 Å². The van der Waals surface area contributed by atoms with E-state index in [1.54, 1.807) is 12.3 Å². The van der Waals surface area contributed by atoms with Gasteiger partial charge in [-0.3, -0.25) is 14.7 Å². The van der Waals surface area contributed by atoms with Gasteiger partial charge in [-0.1, -0.05) is 12.8 Å². The van der Waals surface area contributed by atoms with Crippen molar-refractivity contribution in [1.29, 1.82) is 0 Å². The molecule has 21 heavy (non-hydrogen) atoms. The lowest BCUT2D eigenvalue weighted by Gasteiger charge is -2.27. The maximum absolute atomic E-state index is 12.4. The van der Waals surface area contributed by atoms with Crippen molar-refractivity contribution in [2.75, 3.05) is 5.32 Å². The van der Waals surface area contributed by atoms with Gasteiger partial charge in [0.25, 0.3) is 0 Å². The number of anilines is 1. The second kappa shape index (κ2) is 5.55. The highest BCUT2D eigenvalue weighted by Gasteiger charge is 2.35. The first-order valence-electron chi connectivity index (χ1n) is 7.12. The van der Waals surface area contributed by atoms with Crippen LogP contribution in [0.5, 0.6) is 0 Å². The number of aliphatic carboxylic acids is 1. The number of rotatable bonds is 3. The molecule has 3 rings (SSSR count). The maximum Gasteiger partial charge on any atom is 0.307 e. The van der Waals surface area contributed by atoms with E-state index in [9.17, 15) is 14.7 Å². The Bertz CT molecular complexity index is 680. The lowest BCUT2D eigenvalue weighted by Crippen LogP contribution is -2.36. The Labute approximate surface area is 121 Å². The van der Waals surface area contributed by atoms with Gasteiger partial charge in [0.2, 0.25) is 5.91 Å². The van der Waals surface area contributed by atoms with Crippen LogP contribution in [-0.2, 0) is 9.59 Å². The summed E-state index contributed by atoms with van der Waals surface area (Å²) < 4.78 is 0. The van der Waals surface area contributed by atoms with E-state index in [1.165, 1.54) is 0 Å². The molecule has 0 saturated heterocycles. The van der Waals surface area contributed by atoms with E-state index in [4.69, 9.17) is 0 Å². The molecule has 0 bridgehead atoms. The lowest BCUT2D eigenvalue weighted by molar-refractivity contribution is -0.147. The van der Waals surface area contributed by atoms with Gasteiger partial charge in [-0.15, -0.1) is 0 Å². The Morgan fingerprint density at radius 1 is 1.24 bits per heavy atom. The fourth-order valence-corrected chi connectivity index (χ4v) is 3.00. The first kappa shape index (κ1) is 13.6. The van der Waals surface area contributed by atoms with E-state index in [-0.39, 0.29) is 5.91 Å². The zero-order chi connectivity index (χ0) is 14.8. The molecule has 3 N–H and O–H groups in total. The Balaban J connectivity index is 1.76. The lowest BCUT2D eigenvalue weighted by atomic mass is 9.78. The molecule has 0 unspecified atom stereocenters. The van der Waals surface area contributed by atoms with Crippen LogP contribution in [0.2, 0.25) is 0 Å². The minimum Gasteiger partial charge on any atom is -0.481 e. The summed E-state index contributed by atoms with van der Waals surface area (Å²) in [7, 11) is 0. The van der Waals surface area contributed by atoms with Crippen LogP contribution in [0.3, 0.4) is 0 Å². The minimum atomic E-state index is -0.875. The van der Waals surface area contributed by atoms with Crippen LogP contribution < -0.4 is 5.32 Å². The Hall–Kier alpha value is -2.37. The van der Waals surface area contributed by atoms with Crippen LogP contribution in [0.4, 0.5) is 5.69 Å². The Morgan fingerprint density at radius 2 is 2.00 bits per heavy atom. The van der Waals surface area contributed by atoms with Gasteiger partial charge in [-0.25, -0.2) is 0 Å². The van der Waals surface area contributed by atoms with Crippen LogP contribution in [0, 0.1) is 11.8 Å². The molecule has 6 heteroatoms. The fourth-order valence-electron chi connectivity index (χ4n) is 3.00. The summed E-state index contributed by atoms with van der Waals surface area (Å²) in [5.41, 5.74) is 1.57. The van der Waals surface area contributed by atoms with Gasteiger partial charge in [0.05, 0.1) is 23.5 Å². The van der Waals surface area contributed by atoms with Gasteiger partial charge in [-0.05, 0) is 31.0 Å². The summed E-state index contributed by atoms with van der Waals surface area (Å²) in [6, 6.07) is 5.46. The number of carbonyl (C=O) groups is 2. The molecule has 6 nitrogen and oxygen atoms in total. The van der Waals surface area contributed by atoms with Crippen LogP contribution >= 0.6 is 0 Å². The van der Waals surface area contributed by atoms with Gasteiger partial charge >= 0.3 is 5.97 Å². The highest BCUT2D eigenvalue weighted by Crippen LogP contribution is 2.31. The van der Waals surface area contributed by atoms with E-state index in [1.807, 2.05) is 12.1 Å². The number of fused-ring (bicyclic) bond motifs is 1. The van der Waals surface area contributed by atoms with Gasteiger partial charge in [0.15, 0.2) is 0 Å². The molecule has 0 spiro atoms. The molecule has 2 atom stereocenters. The van der Waals surface area contributed by atoms with Crippen molar-refractivity contribution in [3.63, 3.8) is 0 Å². The molecular weight excluding hydrogens is 270 g/mol. The van der Waals surface area contributed by atoms with Crippen molar-refractivity contribution in [3.8, 4) is 0 Å². The number of benzene rings is 1. The number of aromatic amines is 1. The monoisotopic (exact) mass is 287 g/mol. The quantitative estimate of drug-likeness (QED) is 0.807. The molecule has 1 amide bonds. The summed E-state index contributed by atoms with van der Waals surface area (Å²) in [4.78, 5) is 23.6. The molecule has 1 aliphatic rings. The summed E-state index contributed by atoms with van der Waals surface area (Å²) >= 11 is 0. The molecule has 1 aromatic carbocycles. The highest BCUT2D eigenvalue weighted by atomic mass is 16.4. The van der Waals surface area contributed by atoms with Gasteiger partial charge in [0, 0.05) is 11.1 Å². The molecule has 1 saturated carbocycles. The third-order valence-corrected chi connectivity index (χ3v) is 4.13. The van der Waals surface area contributed by atoms with Crippen LogP contribution in [0.15, 0.2) is 24.4 Å². The van der Waals surface area contributed by atoms with Crippen molar-refractivity contribution in [2.24, 2.45) is 11.8 Å². The normalized spacial score (nSPS) is 22.1. The number of nitrogens with zero attached hydrogens (tertiary/aromatic N) is 1. The second-order valence-electron chi connectivity index (χ2n) is 5.50. The standard InChI is InChI=1S/C15H17N3O3/c19-14(11-3-1-2-4-12(11)15(20)21)17-10-5-6-13-9(7-10)8-16-18-13/h5-8,11-12H,1-4H2,(H,16,18)(H,17,19)(H,20,21)/t11-,12+/m1/s1. The second-order valence-corrected chi connectivity index (χ2v) is 5.50. The van der Waals surface area contributed by atoms with Crippen molar-refractivity contribution in [2.45, 2.75) is 25.7 Å². The molecule has 1 heterocycles. The van der Waals surface area contributed by atoms with Crippen LogP contribution in [0.1, 0.15) is 25.7 Å². The highest BCUT2D eigenvalue weighted by molar-refractivity contribution is 5.96. The number of nitrogens with one attached hydrogen (secondary N) is 2. The van der Waals surface area contributed by atoms with Gasteiger partial charge < -0.3 is 10.4 Å². The van der Waals surface area contributed by atoms with Crippen LogP contribution in [0.25, 0.3) is 10.9 Å². The molecule has 0 aliphatic heterocycles. The number of carboxylic acid groups (broad SMARTS) is 1. The molecule has 1 aromatic heterocycles. The van der Waals surface area contributed by atoms with Crippen molar-refractivity contribution in [1.82, 2.24) is 10.2 Å². The van der Waals surface area contributed by atoms with Crippen molar-refractivity contribution < 1.29 is 14.7 Å². The number of H-pyrrole nitrogens is 1. The third-order valence-electron chi connectivity index (χ3n) is 4.13. The number of carboxylic acids is 1. The van der Waals surface area contributed by atoms with Crippen molar-refractivity contribution in [3.05, 3.63) is 24.4 Å². The average molecular weight is 287 g/mol. The fraction of sp³-hybridized carbons (Fsp3) is 0.400. The number of carbonyl (C=O) groups excluding carboxylic acids is 1. The molecule has 1 aliphatic carbocycles. The first-order valence-corrected chi connectivity index (χ1v) is 7.12. The molecule has 0 radical (unpaired) electrons. The number of hydrogen-bond donors (Lipinski definition) is 3. The van der Waals surface area contributed by atoms with Crippen molar-refractivity contribution >= 4 is 28.5 Å². The molecule has 2 aromatic rings. The number of amides is 1. The first-order chi connectivity index (χ1) is 10.1. The number of hydrogen-bond acceptors (Lipinski definition) is 3. The van der Waals surface area contributed by atoms with E-state index >= 15 is 0 Å². The summed E-state index contributed by atoms with van der Waals surface area (Å²) in [5.74, 6) is -2.10. The number of aromatic nitrogens is 2.